The van der Waals surface area contributed by atoms with Gasteiger partial charge >= 0.3 is 5.97 Å². The van der Waals surface area contributed by atoms with Gasteiger partial charge in [-0.3, -0.25) is 4.79 Å². The van der Waals surface area contributed by atoms with Crippen molar-refractivity contribution in [3.63, 3.8) is 0 Å². The molecule has 0 aromatic heterocycles. The predicted molar refractivity (Wildman–Crippen MR) is 77.3 cm³/mol. The Balaban J connectivity index is 2.33. The zero-order chi connectivity index (χ0) is 15.8. The van der Waals surface area contributed by atoms with Crippen molar-refractivity contribution < 1.29 is 24.5 Å². The quantitative estimate of drug-likeness (QED) is 0.668. The van der Waals surface area contributed by atoms with Crippen molar-refractivity contribution in [2.75, 3.05) is 13.2 Å². The third-order valence-corrected chi connectivity index (χ3v) is 2.92. The van der Waals surface area contributed by atoms with Crippen LogP contribution in [0.15, 0.2) is 24.3 Å². The zero-order valence-electron chi connectivity index (χ0n) is 12.2. The second kappa shape index (κ2) is 8.26. The number of aliphatic hydroxyl groups is 1. The number of carbonyl (C=O) groups excluding carboxylic acids is 1. The number of carboxylic acids is 1. The SMILES string of the molecule is CC(C)c1cccc(OCC(=O)NCCC(O)C(=O)O)c1. The van der Waals surface area contributed by atoms with Crippen LogP contribution in [0.1, 0.15) is 31.7 Å². The first-order chi connectivity index (χ1) is 9.90. The molecule has 0 aliphatic rings. The molecule has 0 heterocycles. The minimum atomic E-state index is -1.46. The third kappa shape index (κ3) is 6.27. The highest BCUT2D eigenvalue weighted by Crippen LogP contribution is 2.19. The molecular weight excluding hydrogens is 274 g/mol. The van der Waals surface area contributed by atoms with Crippen LogP contribution >= 0.6 is 0 Å². The molecule has 0 saturated heterocycles. The Bertz CT molecular complexity index is 487. The Hall–Kier alpha value is -2.08. The number of aliphatic carboxylic acids is 1. The maximum absolute atomic E-state index is 11.5. The number of carbonyl (C=O) groups is 2. The van der Waals surface area contributed by atoms with Gasteiger partial charge in [-0.25, -0.2) is 4.79 Å². The van der Waals surface area contributed by atoms with E-state index in [-0.39, 0.29) is 25.5 Å². The van der Waals surface area contributed by atoms with E-state index in [9.17, 15) is 9.59 Å². The van der Waals surface area contributed by atoms with Gasteiger partial charge in [0.15, 0.2) is 12.7 Å². The van der Waals surface area contributed by atoms with Crippen LogP contribution in [0.5, 0.6) is 5.75 Å². The number of amides is 1. The van der Waals surface area contributed by atoms with Gasteiger partial charge in [0, 0.05) is 13.0 Å². The predicted octanol–water partition coefficient (Wildman–Crippen LogP) is 1.14. The highest BCUT2D eigenvalue weighted by atomic mass is 16.5. The first-order valence-electron chi connectivity index (χ1n) is 6.80. The first-order valence-corrected chi connectivity index (χ1v) is 6.80. The highest BCUT2D eigenvalue weighted by Gasteiger charge is 2.13. The lowest BCUT2D eigenvalue weighted by molar-refractivity contribution is -0.147. The Morgan fingerprint density at radius 2 is 2.05 bits per heavy atom. The molecule has 1 aromatic rings. The van der Waals surface area contributed by atoms with Gasteiger partial charge in [0.2, 0.25) is 0 Å². The minimum absolute atomic E-state index is 0.0378. The molecule has 0 bridgehead atoms. The molecular formula is C15H21NO5. The van der Waals surface area contributed by atoms with Gasteiger partial charge < -0.3 is 20.3 Å². The van der Waals surface area contributed by atoms with Crippen LogP contribution in [-0.4, -0.2) is 41.3 Å². The van der Waals surface area contributed by atoms with Gasteiger partial charge in [0.1, 0.15) is 5.75 Å². The summed E-state index contributed by atoms with van der Waals surface area (Å²) in [6.45, 7) is 4.07. The molecule has 0 spiro atoms. The second-order valence-corrected chi connectivity index (χ2v) is 5.01. The topological polar surface area (TPSA) is 95.9 Å². The van der Waals surface area contributed by atoms with Crippen molar-refractivity contribution in [1.82, 2.24) is 5.32 Å². The molecule has 3 N–H and O–H groups in total. The number of aliphatic hydroxyl groups excluding tert-OH is 1. The number of nitrogens with one attached hydrogen (secondary N) is 1. The fraction of sp³-hybridized carbons (Fsp3) is 0.467. The number of hydrogen-bond acceptors (Lipinski definition) is 4. The van der Waals surface area contributed by atoms with Crippen molar-refractivity contribution in [3.8, 4) is 5.75 Å². The summed E-state index contributed by atoms with van der Waals surface area (Å²) in [5.74, 6) is -0.671. The van der Waals surface area contributed by atoms with E-state index in [0.717, 1.165) is 5.56 Å². The van der Waals surface area contributed by atoms with Crippen LogP contribution < -0.4 is 10.1 Å². The number of ether oxygens (including phenoxy) is 1. The van der Waals surface area contributed by atoms with E-state index in [0.29, 0.717) is 11.7 Å². The van der Waals surface area contributed by atoms with Gasteiger partial charge in [-0.05, 0) is 23.6 Å². The molecule has 1 amide bonds. The summed E-state index contributed by atoms with van der Waals surface area (Å²) in [6, 6.07) is 7.51. The fourth-order valence-corrected chi connectivity index (χ4v) is 1.64. The normalized spacial score (nSPS) is 12.0. The summed E-state index contributed by atoms with van der Waals surface area (Å²) in [6.07, 6.45) is -1.50. The van der Waals surface area contributed by atoms with Crippen molar-refractivity contribution in [2.45, 2.75) is 32.3 Å². The Labute approximate surface area is 123 Å². The lowest BCUT2D eigenvalue weighted by atomic mass is 10.0. The Morgan fingerprint density at radius 3 is 2.67 bits per heavy atom. The monoisotopic (exact) mass is 295 g/mol. The first kappa shape index (κ1) is 17.0. The van der Waals surface area contributed by atoms with Crippen LogP contribution in [0.25, 0.3) is 0 Å². The van der Waals surface area contributed by atoms with Gasteiger partial charge in [-0.1, -0.05) is 26.0 Å². The van der Waals surface area contributed by atoms with E-state index in [4.69, 9.17) is 14.9 Å². The standard InChI is InChI=1S/C15H21NO5/c1-10(2)11-4-3-5-12(8-11)21-9-14(18)16-7-6-13(17)15(19)20/h3-5,8,10,13,17H,6-7,9H2,1-2H3,(H,16,18)(H,19,20). The van der Waals surface area contributed by atoms with Crippen LogP contribution in [-0.2, 0) is 9.59 Å². The smallest absolute Gasteiger partial charge is 0.332 e. The fourth-order valence-electron chi connectivity index (χ4n) is 1.64. The molecule has 6 nitrogen and oxygen atoms in total. The summed E-state index contributed by atoms with van der Waals surface area (Å²) < 4.78 is 5.37. The van der Waals surface area contributed by atoms with Gasteiger partial charge in [0.05, 0.1) is 0 Å². The Kier molecular flexibility index (Phi) is 6.68. The van der Waals surface area contributed by atoms with E-state index in [1.165, 1.54) is 0 Å². The molecule has 6 heteroatoms. The van der Waals surface area contributed by atoms with E-state index in [2.05, 4.69) is 19.2 Å². The summed E-state index contributed by atoms with van der Waals surface area (Å²) in [7, 11) is 0. The number of benzene rings is 1. The number of rotatable bonds is 8. The molecule has 116 valence electrons. The van der Waals surface area contributed by atoms with Crippen molar-refractivity contribution in [3.05, 3.63) is 29.8 Å². The van der Waals surface area contributed by atoms with Gasteiger partial charge in [-0.2, -0.15) is 0 Å². The van der Waals surface area contributed by atoms with Crippen LogP contribution in [0, 0.1) is 0 Å². The lowest BCUT2D eigenvalue weighted by Crippen LogP contribution is -2.33. The highest BCUT2D eigenvalue weighted by molar-refractivity contribution is 5.77. The molecule has 1 atom stereocenters. The summed E-state index contributed by atoms with van der Waals surface area (Å²) in [5.41, 5.74) is 1.12. The molecule has 1 aromatic carbocycles. The zero-order valence-corrected chi connectivity index (χ0v) is 12.2. The average molecular weight is 295 g/mol. The summed E-state index contributed by atoms with van der Waals surface area (Å²) >= 11 is 0. The van der Waals surface area contributed by atoms with Crippen molar-refractivity contribution in [1.29, 1.82) is 0 Å². The summed E-state index contributed by atoms with van der Waals surface area (Å²) in [4.78, 5) is 21.9. The van der Waals surface area contributed by atoms with Crippen LogP contribution in [0.3, 0.4) is 0 Å². The van der Waals surface area contributed by atoms with E-state index >= 15 is 0 Å². The molecule has 0 fully saturated rings. The van der Waals surface area contributed by atoms with Crippen molar-refractivity contribution in [2.24, 2.45) is 0 Å². The van der Waals surface area contributed by atoms with E-state index in [1.54, 1.807) is 6.07 Å². The lowest BCUT2D eigenvalue weighted by Gasteiger charge is -2.10. The largest absolute Gasteiger partial charge is 0.484 e. The molecule has 0 radical (unpaired) electrons. The number of hydrogen-bond donors (Lipinski definition) is 3. The van der Waals surface area contributed by atoms with E-state index in [1.807, 2.05) is 18.2 Å². The van der Waals surface area contributed by atoms with Gasteiger partial charge in [0.25, 0.3) is 5.91 Å². The third-order valence-electron chi connectivity index (χ3n) is 2.92. The summed E-state index contributed by atoms with van der Waals surface area (Å²) in [5, 5.41) is 20.0. The second-order valence-electron chi connectivity index (χ2n) is 5.01. The maximum atomic E-state index is 11.5. The molecule has 1 unspecified atom stereocenters. The molecule has 0 saturated carbocycles. The average Bonchev–Trinajstić information content (AvgIpc) is 2.45. The van der Waals surface area contributed by atoms with Crippen molar-refractivity contribution >= 4 is 11.9 Å². The Morgan fingerprint density at radius 1 is 1.33 bits per heavy atom. The number of carboxylic acid groups (broad SMARTS) is 1. The maximum Gasteiger partial charge on any atom is 0.332 e. The van der Waals surface area contributed by atoms with E-state index < -0.39 is 12.1 Å². The van der Waals surface area contributed by atoms with Crippen LogP contribution in [0.4, 0.5) is 0 Å². The molecule has 0 aliphatic carbocycles. The molecule has 0 aliphatic heterocycles. The minimum Gasteiger partial charge on any atom is -0.484 e. The van der Waals surface area contributed by atoms with Gasteiger partial charge in [-0.15, -0.1) is 0 Å². The molecule has 1 rings (SSSR count). The van der Waals surface area contributed by atoms with Crippen LogP contribution in [0.2, 0.25) is 0 Å². The molecule has 21 heavy (non-hydrogen) atoms.